The van der Waals surface area contributed by atoms with Crippen LogP contribution in [0.4, 0.5) is 29.3 Å². The molecule has 0 radical (unpaired) electrons. The number of benzene rings is 2. The molecule has 2 aromatic carbocycles. The van der Waals surface area contributed by atoms with Gasteiger partial charge in [0.2, 0.25) is 11.8 Å². The summed E-state index contributed by atoms with van der Waals surface area (Å²) in [5.74, 6) is -3.16. The van der Waals surface area contributed by atoms with E-state index in [1.165, 1.54) is 36.9 Å². The molecule has 7 amide bonds. The quantitative estimate of drug-likeness (QED) is 0.147. The number of anilines is 2. The monoisotopic (exact) mass is 751 g/mol. The van der Waals surface area contributed by atoms with Gasteiger partial charge in [-0.05, 0) is 50.6 Å². The summed E-state index contributed by atoms with van der Waals surface area (Å²) >= 11 is 0. The van der Waals surface area contributed by atoms with E-state index in [2.05, 4.69) is 20.9 Å². The summed E-state index contributed by atoms with van der Waals surface area (Å²) < 4.78 is 53.1. The van der Waals surface area contributed by atoms with Gasteiger partial charge >= 0.3 is 12.2 Å². The van der Waals surface area contributed by atoms with Crippen LogP contribution in [0.1, 0.15) is 64.2 Å². The van der Waals surface area contributed by atoms with Gasteiger partial charge in [0.05, 0.1) is 66.6 Å². The number of carbonyl (C=O) groups excluding carboxylic acids is 6. The maximum absolute atomic E-state index is 13.6. The highest BCUT2D eigenvalue weighted by Crippen LogP contribution is 2.38. The van der Waals surface area contributed by atoms with Crippen LogP contribution >= 0.6 is 0 Å². The normalized spacial score (nSPS) is 18.4. The smallest absolute Gasteiger partial charge is 0.382 e. The van der Waals surface area contributed by atoms with Crippen LogP contribution in [0.3, 0.4) is 0 Å². The van der Waals surface area contributed by atoms with E-state index in [4.69, 9.17) is 14.7 Å². The number of urea groups is 1. The molecule has 2 fully saturated rings. The van der Waals surface area contributed by atoms with E-state index in [9.17, 15) is 41.9 Å². The van der Waals surface area contributed by atoms with Crippen molar-refractivity contribution in [3.8, 4) is 6.07 Å². The number of carbonyl (C=O) groups is 6. The van der Waals surface area contributed by atoms with Gasteiger partial charge in [-0.15, -0.1) is 5.10 Å². The predicted molar refractivity (Wildman–Crippen MR) is 177 cm³/mol. The second-order valence-corrected chi connectivity index (χ2v) is 12.9. The molecule has 1 aromatic heterocycles. The minimum Gasteiger partial charge on any atom is -0.382 e. The van der Waals surface area contributed by atoms with Gasteiger partial charge in [0, 0.05) is 18.7 Å². The van der Waals surface area contributed by atoms with Crippen LogP contribution in [0.5, 0.6) is 0 Å². The molecule has 3 aliphatic rings. The van der Waals surface area contributed by atoms with E-state index in [-0.39, 0.29) is 69.3 Å². The zero-order chi connectivity index (χ0) is 38.9. The summed E-state index contributed by atoms with van der Waals surface area (Å²) in [6.07, 6.45) is -3.33. The Bertz CT molecular complexity index is 2090. The number of fused-ring (bicyclic) bond motifs is 1. The predicted octanol–water partition coefficient (Wildman–Crippen LogP) is 2.42. The number of rotatable bonds is 13. The van der Waals surface area contributed by atoms with Crippen LogP contribution in [0, 0.1) is 11.3 Å². The summed E-state index contributed by atoms with van der Waals surface area (Å²) in [4.78, 5) is 79.3. The number of ether oxygens (including phenoxy) is 2. The molecule has 1 atom stereocenters. The van der Waals surface area contributed by atoms with Crippen LogP contribution in [-0.4, -0.2) is 98.3 Å². The number of amides is 7. The number of nitrogens with one attached hydrogen (secondary N) is 2. The van der Waals surface area contributed by atoms with Gasteiger partial charge in [-0.3, -0.25) is 39.1 Å². The number of hydrogen-bond donors (Lipinski definition) is 2. The molecule has 17 nitrogen and oxygen atoms in total. The SMILES string of the molecule is CC1(C)C(=O)N(c2ccc(C#N)c(C(F)(F)F)c2)C(=O)N1Cn1cc(COCCOCCNc2cccc3c2C(=O)N(C2CCC(=O)NC2=O)C3=O)nn1. The van der Waals surface area contributed by atoms with E-state index in [1.54, 1.807) is 12.1 Å². The minimum absolute atomic E-state index is 0.0164. The molecule has 1 unspecified atom stereocenters. The van der Waals surface area contributed by atoms with Crippen molar-refractivity contribution in [2.24, 2.45) is 0 Å². The Morgan fingerprint density at radius 1 is 1.04 bits per heavy atom. The first-order valence-corrected chi connectivity index (χ1v) is 16.5. The van der Waals surface area contributed by atoms with Crippen molar-refractivity contribution >= 4 is 46.9 Å². The lowest BCUT2D eigenvalue weighted by Crippen LogP contribution is -2.54. The first-order chi connectivity index (χ1) is 25.6. The molecule has 2 saturated heterocycles. The molecule has 3 aromatic rings. The number of nitriles is 1. The fraction of sp³-hybridized carbons (Fsp3) is 0.382. The van der Waals surface area contributed by atoms with E-state index < -0.39 is 64.5 Å². The van der Waals surface area contributed by atoms with E-state index in [0.717, 1.165) is 21.9 Å². The van der Waals surface area contributed by atoms with Gasteiger partial charge < -0.3 is 14.8 Å². The maximum Gasteiger partial charge on any atom is 0.417 e. The van der Waals surface area contributed by atoms with Gasteiger partial charge in [-0.25, -0.2) is 14.4 Å². The third-order valence-electron chi connectivity index (χ3n) is 9.03. The highest BCUT2D eigenvalue weighted by molar-refractivity contribution is 6.25. The van der Waals surface area contributed by atoms with Crippen molar-refractivity contribution in [2.75, 3.05) is 36.6 Å². The van der Waals surface area contributed by atoms with Crippen LogP contribution in [-0.2, 0) is 43.3 Å². The van der Waals surface area contributed by atoms with Crippen molar-refractivity contribution in [1.29, 1.82) is 5.26 Å². The third-order valence-corrected chi connectivity index (χ3v) is 9.03. The van der Waals surface area contributed by atoms with Gasteiger partial charge in [0.1, 0.15) is 23.9 Å². The van der Waals surface area contributed by atoms with Gasteiger partial charge in [0.15, 0.2) is 0 Å². The fourth-order valence-corrected chi connectivity index (χ4v) is 6.24. The topological polar surface area (TPSA) is 209 Å². The van der Waals surface area contributed by atoms with Crippen LogP contribution in [0.25, 0.3) is 0 Å². The molecular formula is C34H32F3N9O8. The van der Waals surface area contributed by atoms with Crippen molar-refractivity contribution in [3.05, 3.63) is 70.5 Å². The Balaban J connectivity index is 0.954. The lowest BCUT2D eigenvalue weighted by Gasteiger charge is -2.27. The largest absolute Gasteiger partial charge is 0.417 e. The van der Waals surface area contributed by atoms with Crippen LogP contribution in [0.2, 0.25) is 0 Å². The number of halogens is 3. The number of alkyl halides is 3. The van der Waals surface area contributed by atoms with Gasteiger partial charge in [-0.2, -0.15) is 18.4 Å². The molecule has 0 spiro atoms. The van der Waals surface area contributed by atoms with E-state index >= 15 is 0 Å². The lowest BCUT2D eigenvalue weighted by atomic mass is 10.0. The summed E-state index contributed by atoms with van der Waals surface area (Å²) in [6.45, 7) is 3.48. The Hall–Kier alpha value is -6.20. The Morgan fingerprint density at radius 3 is 2.52 bits per heavy atom. The molecule has 3 aliphatic heterocycles. The highest BCUT2D eigenvalue weighted by Gasteiger charge is 2.52. The number of hydrogen-bond acceptors (Lipinski definition) is 12. The average molecular weight is 752 g/mol. The Kier molecular flexibility index (Phi) is 10.2. The van der Waals surface area contributed by atoms with Crippen molar-refractivity contribution in [3.63, 3.8) is 0 Å². The highest BCUT2D eigenvalue weighted by atomic mass is 19.4. The number of aromatic nitrogens is 3. The summed E-state index contributed by atoms with van der Waals surface area (Å²) in [7, 11) is 0. The fourth-order valence-electron chi connectivity index (χ4n) is 6.24. The van der Waals surface area contributed by atoms with Crippen LogP contribution < -0.4 is 15.5 Å². The number of nitrogens with zero attached hydrogens (tertiary/aromatic N) is 7. The molecule has 0 bridgehead atoms. The zero-order valence-electron chi connectivity index (χ0n) is 28.8. The second-order valence-electron chi connectivity index (χ2n) is 12.9. The van der Waals surface area contributed by atoms with Crippen molar-refractivity contribution in [1.82, 2.24) is 30.1 Å². The van der Waals surface area contributed by atoms with Gasteiger partial charge in [-0.1, -0.05) is 11.3 Å². The lowest BCUT2D eigenvalue weighted by molar-refractivity contribution is -0.138. The van der Waals surface area contributed by atoms with E-state index in [1.807, 2.05) is 0 Å². The molecule has 54 heavy (non-hydrogen) atoms. The maximum atomic E-state index is 13.6. The molecule has 282 valence electrons. The molecule has 0 aliphatic carbocycles. The third kappa shape index (κ3) is 7.10. The molecule has 20 heteroatoms. The summed E-state index contributed by atoms with van der Waals surface area (Å²) in [5, 5.41) is 22.3. The number of piperidine rings is 1. The molecular weight excluding hydrogens is 719 g/mol. The first-order valence-electron chi connectivity index (χ1n) is 16.5. The van der Waals surface area contributed by atoms with Crippen molar-refractivity contribution < 1.29 is 51.4 Å². The number of imide groups is 3. The molecule has 2 N–H and O–H groups in total. The Labute approximate surface area is 304 Å². The summed E-state index contributed by atoms with van der Waals surface area (Å²) in [6, 6.07) is 6.86. The zero-order valence-corrected chi connectivity index (χ0v) is 28.8. The first kappa shape index (κ1) is 37.6. The molecule has 0 saturated carbocycles. The summed E-state index contributed by atoms with van der Waals surface area (Å²) in [5.41, 5.74) is -2.63. The van der Waals surface area contributed by atoms with Gasteiger partial charge in [0.25, 0.3) is 17.7 Å². The van der Waals surface area contributed by atoms with E-state index in [0.29, 0.717) is 22.3 Å². The Morgan fingerprint density at radius 2 is 1.80 bits per heavy atom. The average Bonchev–Trinajstić information content (AvgIpc) is 3.73. The molecule has 6 rings (SSSR count). The molecule has 4 heterocycles. The minimum atomic E-state index is -4.88. The van der Waals surface area contributed by atoms with Crippen molar-refractivity contribution in [2.45, 2.75) is 57.7 Å². The second kappa shape index (κ2) is 14.7. The standard InChI is InChI=1S/C34H32F3N9O8/c1-33(2)31(51)45(21-7-6-19(15-38)23(14-21)34(35,36)37)32(52)44(33)18-43-16-20(41-42-43)17-54-13-12-53-11-10-39-24-5-3-4-22-27(24)30(50)46(29(22)49)25-8-9-26(47)40-28(25)48/h3-7,14,16,25,39H,8-13,17-18H2,1-2H3,(H,40,47,48). The van der Waals surface area contributed by atoms with Crippen LogP contribution in [0.15, 0.2) is 42.6 Å².